The number of hydrogen-bond acceptors (Lipinski definition) is 4. The second-order valence-corrected chi connectivity index (χ2v) is 4.66. The molecule has 1 aromatic rings. The van der Waals surface area contributed by atoms with Gasteiger partial charge in [0.25, 0.3) is 0 Å². The Morgan fingerprint density at radius 1 is 1.50 bits per heavy atom. The summed E-state index contributed by atoms with van der Waals surface area (Å²) in [6.45, 7) is 1.07. The summed E-state index contributed by atoms with van der Waals surface area (Å²) in [4.78, 5) is 4.05. The first-order valence-corrected chi connectivity index (χ1v) is 6.15. The molecule has 0 atom stereocenters. The number of rotatable bonds is 5. The molecule has 78 valence electrons. The summed E-state index contributed by atoms with van der Waals surface area (Å²) < 4.78 is 0. The van der Waals surface area contributed by atoms with E-state index in [1.807, 2.05) is 0 Å². The smallest absolute Gasteiger partial charge is 0.183 e. The van der Waals surface area contributed by atoms with Gasteiger partial charge in [0.05, 0.1) is 0 Å². The molecule has 0 saturated heterocycles. The predicted octanol–water partition coefficient (Wildman–Crippen LogP) is 1.43. The lowest BCUT2D eigenvalue weighted by Crippen LogP contribution is -2.28. The van der Waals surface area contributed by atoms with Crippen molar-refractivity contribution in [2.45, 2.75) is 36.9 Å². The number of aromatic amines is 1. The van der Waals surface area contributed by atoms with E-state index in [0.29, 0.717) is 0 Å². The maximum atomic E-state index is 4.05. The molecule has 1 fully saturated rings. The van der Waals surface area contributed by atoms with Crippen LogP contribution in [0.2, 0.25) is 0 Å². The average Bonchev–Trinajstić information content (AvgIpc) is 2.86. The molecule has 2 rings (SSSR count). The molecular weight excluding hydrogens is 196 g/mol. The minimum absolute atomic E-state index is 0.769. The topological polar surface area (TPSA) is 53.6 Å². The number of nitrogens with one attached hydrogen (secondary N) is 2. The molecule has 0 aromatic carbocycles. The van der Waals surface area contributed by atoms with E-state index < -0.39 is 0 Å². The van der Waals surface area contributed by atoms with Crippen LogP contribution in [0, 0.1) is 0 Å². The number of H-pyrrole nitrogens is 1. The summed E-state index contributed by atoms with van der Waals surface area (Å²) in [6, 6.07) is 0.769. The van der Waals surface area contributed by atoms with Crippen LogP contribution in [-0.2, 0) is 0 Å². The van der Waals surface area contributed by atoms with Gasteiger partial charge in [-0.05, 0) is 12.8 Å². The largest absolute Gasteiger partial charge is 0.313 e. The molecule has 14 heavy (non-hydrogen) atoms. The molecular formula is C9H16N4S. The minimum atomic E-state index is 0.769. The van der Waals surface area contributed by atoms with E-state index in [-0.39, 0.29) is 0 Å². The van der Waals surface area contributed by atoms with Gasteiger partial charge in [-0.2, -0.15) is 5.10 Å². The van der Waals surface area contributed by atoms with Crippen molar-refractivity contribution in [3.63, 3.8) is 0 Å². The van der Waals surface area contributed by atoms with Crippen LogP contribution in [0.5, 0.6) is 0 Å². The Labute approximate surface area is 88.3 Å². The molecule has 4 nitrogen and oxygen atoms in total. The van der Waals surface area contributed by atoms with Crippen molar-refractivity contribution < 1.29 is 0 Å². The zero-order valence-corrected chi connectivity index (χ0v) is 9.02. The second-order valence-electron chi connectivity index (χ2n) is 3.57. The predicted molar refractivity (Wildman–Crippen MR) is 57.4 cm³/mol. The van der Waals surface area contributed by atoms with Crippen molar-refractivity contribution in [1.29, 1.82) is 0 Å². The van der Waals surface area contributed by atoms with Crippen LogP contribution in [0.3, 0.4) is 0 Å². The van der Waals surface area contributed by atoms with Gasteiger partial charge in [-0.15, -0.1) is 0 Å². The first-order chi connectivity index (χ1) is 6.95. The van der Waals surface area contributed by atoms with Gasteiger partial charge in [0, 0.05) is 18.3 Å². The van der Waals surface area contributed by atoms with Gasteiger partial charge in [-0.1, -0.05) is 24.6 Å². The van der Waals surface area contributed by atoms with Crippen molar-refractivity contribution in [1.82, 2.24) is 20.5 Å². The Morgan fingerprint density at radius 3 is 3.07 bits per heavy atom. The molecule has 2 N–H and O–H groups in total. The summed E-state index contributed by atoms with van der Waals surface area (Å²) in [7, 11) is 0. The molecule has 1 aliphatic carbocycles. The lowest BCUT2D eigenvalue weighted by Gasteiger charge is -2.10. The summed E-state index contributed by atoms with van der Waals surface area (Å²) in [5.41, 5.74) is 0. The monoisotopic (exact) mass is 212 g/mol. The molecule has 0 unspecified atom stereocenters. The third-order valence-electron chi connectivity index (χ3n) is 2.52. The lowest BCUT2D eigenvalue weighted by atomic mass is 10.2. The summed E-state index contributed by atoms with van der Waals surface area (Å²) >= 11 is 1.72. The molecule has 0 radical (unpaired) electrons. The van der Waals surface area contributed by atoms with Gasteiger partial charge in [0.1, 0.15) is 6.33 Å². The highest BCUT2D eigenvalue weighted by Gasteiger charge is 2.13. The molecule has 1 aliphatic rings. The highest BCUT2D eigenvalue weighted by Crippen LogP contribution is 2.17. The van der Waals surface area contributed by atoms with E-state index in [0.717, 1.165) is 23.5 Å². The Morgan fingerprint density at radius 2 is 2.36 bits per heavy atom. The van der Waals surface area contributed by atoms with Crippen LogP contribution in [0.1, 0.15) is 25.7 Å². The van der Waals surface area contributed by atoms with Crippen molar-refractivity contribution in [3.05, 3.63) is 6.33 Å². The van der Waals surface area contributed by atoms with E-state index in [9.17, 15) is 0 Å². The zero-order chi connectivity index (χ0) is 9.64. The SMILES string of the molecule is c1n[nH]c(SCCNC2CCCC2)n1. The van der Waals surface area contributed by atoms with E-state index in [1.54, 1.807) is 18.1 Å². The van der Waals surface area contributed by atoms with Gasteiger partial charge in [0.2, 0.25) is 0 Å². The highest BCUT2D eigenvalue weighted by atomic mass is 32.2. The molecule has 1 saturated carbocycles. The Kier molecular flexibility index (Phi) is 3.82. The van der Waals surface area contributed by atoms with Crippen LogP contribution >= 0.6 is 11.8 Å². The van der Waals surface area contributed by atoms with E-state index in [2.05, 4.69) is 20.5 Å². The van der Waals surface area contributed by atoms with Crippen LogP contribution in [0.15, 0.2) is 11.5 Å². The maximum absolute atomic E-state index is 4.05. The van der Waals surface area contributed by atoms with Gasteiger partial charge in [-0.25, -0.2) is 4.98 Å². The molecule has 5 heteroatoms. The molecule has 1 aromatic heterocycles. The Hall–Kier alpha value is -0.550. The fraction of sp³-hybridized carbons (Fsp3) is 0.778. The van der Waals surface area contributed by atoms with E-state index in [1.165, 1.54) is 25.7 Å². The quantitative estimate of drug-likeness (QED) is 0.572. The van der Waals surface area contributed by atoms with Gasteiger partial charge in [0.15, 0.2) is 5.16 Å². The number of hydrogen-bond donors (Lipinski definition) is 2. The van der Waals surface area contributed by atoms with Crippen LogP contribution in [0.4, 0.5) is 0 Å². The summed E-state index contributed by atoms with van der Waals surface area (Å²) in [5.74, 6) is 1.06. The molecule has 0 spiro atoms. The average molecular weight is 212 g/mol. The van der Waals surface area contributed by atoms with Crippen LogP contribution < -0.4 is 5.32 Å². The normalized spacial score (nSPS) is 17.7. The first kappa shape index (κ1) is 9.98. The third-order valence-corrected chi connectivity index (χ3v) is 3.40. The lowest BCUT2D eigenvalue weighted by molar-refractivity contribution is 0.545. The highest BCUT2D eigenvalue weighted by molar-refractivity contribution is 7.99. The van der Waals surface area contributed by atoms with E-state index in [4.69, 9.17) is 0 Å². The van der Waals surface area contributed by atoms with Gasteiger partial charge < -0.3 is 5.32 Å². The molecule has 0 aliphatic heterocycles. The fourth-order valence-corrected chi connectivity index (χ4v) is 2.46. The van der Waals surface area contributed by atoms with Crippen LogP contribution in [-0.4, -0.2) is 33.5 Å². The number of aromatic nitrogens is 3. The summed E-state index contributed by atoms with van der Waals surface area (Å²) in [6.07, 6.45) is 7.05. The number of thioether (sulfide) groups is 1. The van der Waals surface area contributed by atoms with E-state index >= 15 is 0 Å². The Balaban J connectivity index is 1.55. The second kappa shape index (κ2) is 5.36. The standard InChI is InChI=1S/C9H16N4S/c1-2-4-8(3-1)10-5-6-14-9-11-7-12-13-9/h7-8,10H,1-6H2,(H,11,12,13). The van der Waals surface area contributed by atoms with Crippen molar-refractivity contribution >= 4 is 11.8 Å². The zero-order valence-electron chi connectivity index (χ0n) is 8.20. The summed E-state index contributed by atoms with van der Waals surface area (Å²) in [5, 5.41) is 11.1. The van der Waals surface area contributed by atoms with Crippen molar-refractivity contribution in [2.75, 3.05) is 12.3 Å². The fourth-order valence-electron chi connectivity index (χ4n) is 1.80. The third kappa shape index (κ3) is 2.99. The first-order valence-electron chi connectivity index (χ1n) is 5.17. The van der Waals surface area contributed by atoms with Gasteiger partial charge in [-0.3, -0.25) is 5.10 Å². The van der Waals surface area contributed by atoms with Gasteiger partial charge >= 0.3 is 0 Å². The Bertz CT molecular complexity index is 243. The van der Waals surface area contributed by atoms with Crippen molar-refractivity contribution in [2.24, 2.45) is 0 Å². The molecule has 0 amide bonds. The van der Waals surface area contributed by atoms with Crippen LogP contribution in [0.25, 0.3) is 0 Å². The molecule has 0 bridgehead atoms. The number of nitrogens with zero attached hydrogens (tertiary/aromatic N) is 2. The molecule has 1 heterocycles. The minimum Gasteiger partial charge on any atom is -0.313 e. The van der Waals surface area contributed by atoms with Crippen molar-refractivity contribution in [3.8, 4) is 0 Å². The maximum Gasteiger partial charge on any atom is 0.183 e.